The monoisotopic (exact) mass is 454 g/mol. The van der Waals surface area contributed by atoms with Crippen LogP contribution in [0.5, 0.6) is 0 Å². The van der Waals surface area contributed by atoms with Gasteiger partial charge in [0.25, 0.3) is 5.91 Å². The van der Waals surface area contributed by atoms with Crippen molar-refractivity contribution in [3.63, 3.8) is 0 Å². The number of pyridine rings is 1. The number of nitrogens with two attached hydrogens (primary N) is 1. The molecule has 4 heterocycles. The van der Waals surface area contributed by atoms with Crippen molar-refractivity contribution in [2.24, 2.45) is 18.7 Å². The fourth-order valence-corrected chi connectivity index (χ4v) is 5.13. The molecule has 174 valence electrons. The second-order valence-corrected chi connectivity index (χ2v) is 9.75. The van der Waals surface area contributed by atoms with Crippen LogP contribution in [0, 0.1) is 5.92 Å². The Morgan fingerprint density at radius 2 is 1.85 bits per heavy atom. The average Bonchev–Trinajstić information content (AvgIpc) is 3.50. The summed E-state index contributed by atoms with van der Waals surface area (Å²) in [6.45, 7) is 2.38. The van der Waals surface area contributed by atoms with E-state index in [1.165, 1.54) is 18.5 Å². The van der Waals surface area contributed by atoms with Crippen LogP contribution in [0.1, 0.15) is 36.0 Å². The maximum Gasteiger partial charge on any atom is 0.253 e. The lowest BCUT2D eigenvalue weighted by Gasteiger charge is -2.30. The number of carbonyl (C=O) groups is 1. The number of carbonyl (C=O) groups excluding carboxylic acids is 1. The van der Waals surface area contributed by atoms with Gasteiger partial charge >= 0.3 is 0 Å². The molecule has 7 nitrogen and oxygen atoms in total. The molecule has 34 heavy (non-hydrogen) atoms. The van der Waals surface area contributed by atoms with Crippen molar-refractivity contribution in [3.05, 3.63) is 60.4 Å². The summed E-state index contributed by atoms with van der Waals surface area (Å²) in [5.41, 5.74) is 12.1. The number of aryl methyl sites for hydroxylation is 1. The first-order valence-electron chi connectivity index (χ1n) is 12.2. The summed E-state index contributed by atoms with van der Waals surface area (Å²) in [4.78, 5) is 24.2. The van der Waals surface area contributed by atoms with E-state index in [1.54, 1.807) is 0 Å². The number of likely N-dealkylation sites (tertiary alicyclic amines) is 1. The predicted molar refractivity (Wildman–Crippen MR) is 133 cm³/mol. The lowest BCUT2D eigenvalue weighted by molar-refractivity contribution is 0.0709. The summed E-state index contributed by atoms with van der Waals surface area (Å²) in [5.74, 6) is 1.68. The molecule has 1 saturated carbocycles. The minimum atomic E-state index is 0.0429. The molecule has 3 aromatic heterocycles. The fraction of sp³-hybridized carbons (Fsp3) is 0.370. The van der Waals surface area contributed by atoms with Crippen molar-refractivity contribution in [2.75, 3.05) is 13.1 Å². The van der Waals surface area contributed by atoms with Gasteiger partial charge in [0.2, 0.25) is 0 Å². The molecule has 0 radical (unpaired) electrons. The van der Waals surface area contributed by atoms with Crippen molar-refractivity contribution in [1.29, 1.82) is 0 Å². The molecular formula is C27H30N6O. The zero-order chi connectivity index (χ0) is 23.2. The molecule has 2 fully saturated rings. The smallest absolute Gasteiger partial charge is 0.253 e. The number of nitrogens with zero attached hydrogens (tertiary/aromatic N) is 5. The SMILES string of the molecule is Cn1c(-c2ccc(-c3ccncc3)n2CC2CC2)nc2cc(C(=O)N3CCC[C@@H](N)C3)ccc21. The molecule has 2 N–H and O–H groups in total. The van der Waals surface area contributed by atoms with E-state index in [-0.39, 0.29) is 11.9 Å². The first-order chi connectivity index (χ1) is 16.6. The quantitative estimate of drug-likeness (QED) is 0.493. The van der Waals surface area contributed by atoms with Gasteiger partial charge in [0.15, 0.2) is 5.82 Å². The van der Waals surface area contributed by atoms with Crippen LogP contribution in [0.15, 0.2) is 54.9 Å². The van der Waals surface area contributed by atoms with Crippen molar-refractivity contribution in [3.8, 4) is 22.8 Å². The van der Waals surface area contributed by atoms with Crippen LogP contribution < -0.4 is 5.73 Å². The third-order valence-corrected chi connectivity index (χ3v) is 7.20. The maximum atomic E-state index is 13.1. The Balaban J connectivity index is 1.39. The largest absolute Gasteiger partial charge is 0.338 e. The average molecular weight is 455 g/mol. The Hall–Kier alpha value is -3.45. The van der Waals surface area contributed by atoms with E-state index in [2.05, 4.69) is 45.4 Å². The van der Waals surface area contributed by atoms with Gasteiger partial charge in [-0.1, -0.05) is 0 Å². The summed E-state index contributed by atoms with van der Waals surface area (Å²) in [5, 5.41) is 0. The highest BCUT2D eigenvalue weighted by Gasteiger charge is 2.26. The molecule has 0 bridgehead atoms. The summed E-state index contributed by atoms with van der Waals surface area (Å²) in [7, 11) is 2.05. The minimum Gasteiger partial charge on any atom is -0.338 e. The van der Waals surface area contributed by atoms with Crippen LogP contribution >= 0.6 is 0 Å². The number of benzene rings is 1. The first-order valence-corrected chi connectivity index (χ1v) is 12.2. The molecule has 0 spiro atoms. The number of hydrogen-bond donors (Lipinski definition) is 1. The van der Waals surface area contributed by atoms with Crippen LogP contribution in [0.2, 0.25) is 0 Å². The van der Waals surface area contributed by atoms with Gasteiger partial charge in [0, 0.05) is 61.9 Å². The third-order valence-electron chi connectivity index (χ3n) is 7.20. The van der Waals surface area contributed by atoms with E-state index < -0.39 is 0 Å². The van der Waals surface area contributed by atoms with Crippen molar-refractivity contribution >= 4 is 16.9 Å². The van der Waals surface area contributed by atoms with E-state index >= 15 is 0 Å². The second kappa shape index (κ2) is 8.40. The first kappa shape index (κ1) is 21.1. The number of imidazole rings is 1. The molecule has 4 aromatic rings. The number of piperidine rings is 1. The fourth-order valence-electron chi connectivity index (χ4n) is 5.13. The standard InChI is InChI=1S/C27H30N6O/c1-31-24-7-6-20(27(34)32-14-2-3-21(28)17-32)15-22(24)30-26(31)25-9-8-23(19-10-12-29-13-11-19)33(25)16-18-4-5-18/h6-13,15,18,21H,2-5,14,16-17,28H2,1H3/t21-/m1/s1. The topological polar surface area (TPSA) is 82.0 Å². The number of rotatable bonds is 5. The Bertz CT molecular complexity index is 1350. The van der Waals surface area contributed by atoms with E-state index in [4.69, 9.17) is 10.7 Å². The Morgan fingerprint density at radius 3 is 2.62 bits per heavy atom. The molecular weight excluding hydrogens is 424 g/mol. The van der Waals surface area contributed by atoms with Crippen LogP contribution in [0.3, 0.4) is 0 Å². The Kier molecular flexibility index (Phi) is 5.21. The zero-order valence-corrected chi connectivity index (χ0v) is 19.5. The van der Waals surface area contributed by atoms with Gasteiger partial charge in [-0.25, -0.2) is 4.98 Å². The predicted octanol–water partition coefficient (Wildman–Crippen LogP) is 4.08. The van der Waals surface area contributed by atoms with Crippen molar-refractivity contribution in [1.82, 2.24) is 24.0 Å². The molecule has 2 aliphatic rings. The highest BCUT2D eigenvalue weighted by Crippen LogP contribution is 2.36. The molecule has 1 aliphatic heterocycles. The van der Waals surface area contributed by atoms with Crippen LogP contribution in [0.4, 0.5) is 0 Å². The normalized spacial score (nSPS) is 18.5. The Morgan fingerprint density at radius 1 is 1.06 bits per heavy atom. The summed E-state index contributed by atoms with van der Waals surface area (Å²) < 4.78 is 4.53. The number of fused-ring (bicyclic) bond motifs is 1. The Labute approximate surface area is 199 Å². The summed E-state index contributed by atoms with van der Waals surface area (Å²) in [6, 6.07) is 14.4. The molecule has 1 saturated heterocycles. The van der Waals surface area contributed by atoms with Crippen LogP contribution in [0.25, 0.3) is 33.8 Å². The van der Waals surface area contributed by atoms with Gasteiger partial charge in [-0.2, -0.15) is 0 Å². The third kappa shape index (κ3) is 3.80. The highest BCUT2D eigenvalue weighted by molar-refractivity contribution is 5.98. The van der Waals surface area contributed by atoms with Gasteiger partial charge in [0.05, 0.1) is 16.7 Å². The van der Waals surface area contributed by atoms with Crippen molar-refractivity contribution in [2.45, 2.75) is 38.3 Å². The molecule has 7 heteroatoms. The number of aromatic nitrogens is 4. The van der Waals surface area contributed by atoms with Gasteiger partial charge in [-0.15, -0.1) is 0 Å². The van der Waals surface area contributed by atoms with Gasteiger partial charge < -0.3 is 19.8 Å². The number of hydrogen-bond acceptors (Lipinski definition) is 4. The van der Waals surface area contributed by atoms with E-state index in [9.17, 15) is 4.79 Å². The maximum absolute atomic E-state index is 13.1. The molecule has 1 aliphatic carbocycles. The van der Waals surface area contributed by atoms with Gasteiger partial charge in [0.1, 0.15) is 0 Å². The van der Waals surface area contributed by atoms with Crippen LogP contribution in [-0.4, -0.2) is 49.0 Å². The molecule has 1 atom stereocenters. The molecule has 6 rings (SSSR count). The molecule has 0 unspecified atom stereocenters. The minimum absolute atomic E-state index is 0.0429. The van der Waals surface area contributed by atoms with Gasteiger partial charge in [-0.05, 0) is 74.1 Å². The molecule has 1 amide bonds. The lowest BCUT2D eigenvalue weighted by atomic mass is 10.1. The molecule has 1 aromatic carbocycles. The van der Waals surface area contributed by atoms with E-state index in [1.807, 2.05) is 35.5 Å². The van der Waals surface area contributed by atoms with Crippen LogP contribution in [-0.2, 0) is 13.6 Å². The van der Waals surface area contributed by atoms with Crippen molar-refractivity contribution < 1.29 is 4.79 Å². The van der Waals surface area contributed by atoms with E-state index in [0.717, 1.165) is 60.0 Å². The highest BCUT2D eigenvalue weighted by atomic mass is 16.2. The summed E-state index contributed by atoms with van der Waals surface area (Å²) in [6.07, 6.45) is 8.18. The zero-order valence-electron chi connectivity index (χ0n) is 19.5. The van der Waals surface area contributed by atoms with E-state index in [0.29, 0.717) is 12.1 Å². The summed E-state index contributed by atoms with van der Waals surface area (Å²) >= 11 is 0. The number of amides is 1. The van der Waals surface area contributed by atoms with Gasteiger partial charge in [-0.3, -0.25) is 9.78 Å². The lowest BCUT2D eigenvalue weighted by Crippen LogP contribution is -2.45. The second-order valence-electron chi connectivity index (χ2n) is 9.75.